The number of rotatable bonds is 5. The van der Waals surface area contributed by atoms with Gasteiger partial charge in [-0.2, -0.15) is 0 Å². The van der Waals surface area contributed by atoms with Crippen LogP contribution < -0.4 is 9.47 Å². The standard InChI is InChI=1S/C13H20O2/c1-5-11(4)15-13-8-6-12(7-9-13)14-10(2)3/h6-11H,5H2,1-4H3. The summed E-state index contributed by atoms with van der Waals surface area (Å²) in [5.41, 5.74) is 0. The molecule has 1 rings (SSSR count). The van der Waals surface area contributed by atoms with E-state index in [2.05, 4.69) is 13.8 Å². The monoisotopic (exact) mass is 208 g/mol. The first-order valence-corrected chi connectivity index (χ1v) is 5.55. The van der Waals surface area contributed by atoms with Gasteiger partial charge >= 0.3 is 0 Å². The lowest BCUT2D eigenvalue weighted by atomic mass is 10.3. The highest BCUT2D eigenvalue weighted by Gasteiger charge is 2.02. The Hall–Kier alpha value is -1.18. The van der Waals surface area contributed by atoms with Crippen LogP contribution in [-0.2, 0) is 0 Å². The molecule has 0 N–H and O–H groups in total. The minimum absolute atomic E-state index is 0.214. The van der Waals surface area contributed by atoms with Crippen LogP contribution in [0.2, 0.25) is 0 Å². The Labute approximate surface area is 92.2 Å². The molecule has 0 heterocycles. The largest absolute Gasteiger partial charge is 0.491 e. The molecule has 0 aromatic heterocycles. The second-order valence-corrected chi connectivity index (χ2v) is 3.97. The fraction of sp³-hybridized carbons (Fsp3) is 0.538. The van der Waals surface area contributed by atoms with E-state index in [1.54, 1.807) is 0 Å². The van der Waals surface area contributed by atoms with E-state index < -0.39 is 0 Å². The smallest absolute Gasteiger partial charge is 0.119 e. The summed E-state index contributed by atoms with van der Waals surface area (Å²) < 4.78 is 11.2. The van der Waals surface area contributed by atoms with Crippen molar-refractivity contribution in [3.63, 3.8) is 0 Å². The van der Waals surface area contributed by atoms with E-state index in [1.165, 1.54) is 0 Å². The van der Waals surface area contributed by atoms with E-state index in [-0.39, 0.29) is 12.2 Å². The van der Waals surface area contributed by atoms with Crippen molar-refractivity contribution in [2.75, 3.05) is 0 Å². The highest BCUT2D eigenvalue weighted by atomic mass is 16.5. The lowest BCUT2D eigenvalue weighted by Crippen LogP contribution is -2.09. The molecular weight excluding hydrogens is 188 g/mol. The maximum Gasteiger partial charge on any atom is 0.119 e. The van der Waals surface area contributed by atoms with Gasteiger partial charge in [0.1, 0.15) is 11.5 Å². The van der Waals surface area contributed by atoms with Crippen LogP contribution >= 0.6 is 0 Å². The molecule has 2 heteroatoms. The lowest BCUT2D eigenvalue weighted by molar-refractivity contribution is 0.215. The van der Waals surface area contributed by atoms with Crippen LogP contribution in [0.25, 0.3) is 0 Å². The quantitative estimate of drug-likeness (QED) is 0.735. The molecule has 1 atom stereocenters. The zero-order chi connectivity index (χ0) is 11.3. The number of hydrogen-bond acceptors (Lipinski definition) is 2. The molecule has 0 saturated carbocycles. The average molecular weight is 208 g/mol. The molecule has 0 fully saturated rings. The van der Waals surface area contributed by atoms with Crippen LogP contribution in [0, 0.1) is 0 Å². The summed E-state index contributed by atoms with van der Waals surface area (Å²) in [5.74, 6) is 1.79. The predicted molar refractivity (Wildman–Crippen MR) is 62.6 cm³/mol. The molecule has 1 aromatic carbocycles. The van der Waals surface area contributed by atoms with Gasteiger partial charge in [-0.3, -0.25) is 0 Å². The third-order valence-electron chi connectivity index (χ3n) is 2.11. The van der Waals surface area contributed by atoms with Crippen molar-refractivity contribution in [2.45, 2.75) is 46.3 Å². The molecule has 0 aliphatic rings. The van der Waals surface area contributed by atoms with Crippen LogP contribution in [0.3, 0.4) is 0 Å². The summed E-state index contributed by atoms with van der Waals surface area (Å²) >= 11 is 0. The highest BCUT2D eigenvalue weighted by molar-refractivity contribution is 5.31. The molecule has 0 aliphatic carbocycles. The molecule has 0 amide bonds. The van der Waals surface area contributed by atoms with Gasteiger partial charge in [0.15, 0.2) is 0 Å². The minimum atomic E-state index is 0.214. The first-order valence-electron chi connectivity index (χ1n) is 5.55. The van der Waals surface area contributed by atoms with Crippen LogP contribution in [-0.4, -0.2) is 12.2 Å². The van der Waals surface area contributed by atoms with Gasteiger partial charge in [-0.1, -0.05) is 6.92 Å². The van der Waals surface area contributed by atoms with Gasteiger partial charge in [-0.05, 0) is 51.5 Å². The Bertz CT molecular complexity index is 277. The van der Waals surface area contributed by atoms with E-state index >= 15 is 0 Å². The maximum atomic E-state index is 5.67. The van der Waals surface area contributed by atoms with E-state index in [1.807, 2.05) is 38.1 Å². The number of ether oxygens (including phenoxy) is 2. The van der Waals surface area contributed by atoms with Crippen molar-refractivity contribution < 1.29 is 9.47 Å². The fourth-order valence-corrected chi connectivity index (χ4v) is 1.18. The van der Waals surface area contributed by atoms with Crippen molar-refractivity contribution in [2.24, 2.45) is 0 Å². The van der Waals surface area contributed by atoms with Gasteiger partial charge < -0.3 is 9.47 Å². The van der Waals surface area contributed by atoms with Crippen LogP contribution in [0.4, 0.5) is 0 Å². The van der Waals surface area contributed by atoms with E-state index in [9.17, 15) is 0 Å². The Morgan fingerprint density at radius 2 is 1.40 bits per heavy atom. The molecule has 0 saturated heterocycles. The zero-order valence-electron chi connectivity index (χ0n) is 9.99. The van der Waals surface area contributed by atoms with Crippen molar-refractivity contribution in [3.05, 3.63) is 24.3 Å². The van der Waals surface area contributed by atoms with Gasteiger partial charge in [0.25, 0.3) is 0 Å². The summed E-state index contributed by atoms with van der Waals surface area (Å²) in [7, 11) is 0. The predicted octanol–water partition coefficient (Wildman–Crippen LogP) is 3.65. The summed E-state index contributed by atoms with van der Waals surface area (Å²) in [6, 6.07) is 7.78. The van der Waals surface area contributed by atoms with Crippen molar-refractivity contribution in [1.82, 2.24) is 0 Å². The zero-order valence-corrected chi connectivity index (χ0v) is 9.99. The second-order valence-electron chi connectivity index (χ2n) is 3.97. The van der Waals surface area contributed by atoms with Crippen LogP contribution in [0.5, 0.6) is 11.5 Å². The van der Waals surface area contributed by atoms with Gasteiger partial charge in [0.05, 0.1) is 12.2 Å². The molecule has 0 bridgehead atoms. The molecule has 1 aromatic rings. The Morgan fingerprint density at radius 3 is 1.80 bits per heavy atom. The number of hydrogen-bond donors (Lipinski definition) is 0. The highest BCUT2D eigenvalue weighted by Crippen LogP contribution is 2.19. The molecule has 15 heavy (non-hydrogen) atoms. The van der Waals surface area contributed by atoms with Crippen molar-refractivity contribution in [3.8, 4) is 11.5 Å². The summed E-state index contributed by atoms with van der Waals surface area (Å²) in [5, 5.41) is 0. The van der Waals surface area contributed by atoms with Crippen molar-refractivity contribution >= 4 is 0 Å². The molecule has 0 aliphatic heterocycles. The average Bonchev–Trinajstić information content (AvgIpc) is 2.20. The topological polar surface area (TPSA) is 18.5 Å². The van der Waals surface area contributed by atoms with E-state index in [0.29, 0.717) is 0 Å². The molecule has 0 radical (unpaired) electrons. The van der Waals surface area contributed by atoms with Crippen molar-refractivity contribution in [1.29, 1.82) is 0 Å². The van der Waals surface area contributed by atoms with Crippen LogP contribution in [0.15, 0.2) is 24.3 Å². The summed E-state index contributed by atoms with van der Waals surface area (Å²) in [6.07, 6.45) is 1.50. The minimum Gasteiger partial charge on any atom is -0.491 e. The summed E-state index contributed by atoms with van der Waals surface area (Å²) in [4.78, 5) is 0. The number of benzene rings is 1. The third-order valence-corrected chi connectivity index (χ3v) is 2.11. The van der Waals surface area contributed by atoms with Gasteiger partial charge in [0.2, 0.25) is 0 Å². The third kappa shape index (κ3) is 4.24. The van der Waals surface area contributed by atoms with E-state index in [4.69, 9.17) is 9.47 Å². The molecule has 1 unspecified atom stereocenters. The Morgan fingerprint density at radius 1 is 0.933 bits per heavy atom. The van der Waals surface area contributed by atoms with Gasteiger partial charge in [0, 0.05) is 0 Å². The van der Waals surface area contributed by atoms with E-state index in [0.717, 1.165) is 17.9 Å². The van der Waals surface area contributed by atoms with Crippen LogP contribution in [0.1, 0.15) is 34.1 Å². The SMILES string of the molecule is CCC(C)Oc1ccc(OC(C)C)cc1. The summed E-state index contributed by atoms with van der Waals surface area (Å²) in [6.45, 7) is 8.21. The molecular formula is C13H20O2. The molecule has 84 valence electrons. The first kappa shape index (κ1) is 11.9. The molecule has 2 nitrogen and oxygen atoms in total. The molecule has 0 spiro atoms. The fourth-order valence-electron chi connectivity index (χ4n) is 1.18. The second kappa shape index (κ2) is 5.64. The normalized spacial score (nSPS) is 12.6. The maximum absolute atomic E-state index is 5.67. The first-order chi connectivity index (χ1) is 7.11. The Balaban J connectivity index is 2.56. The van der Waals surface area contributed by atoms with Gasteiger partial charge in [-0.25, -0.2) is 0 Å². The van der Waals surface area contributed by atoms with Gasteiger partial charge in [-0.15, -0.1) is 0 Å². The lowest BCUT2D eigenvalue weighted by Gasteiger charge is -2.14. The Kier molecular flexibility index (Phi) is 4.47.